The van der Waals surface area contributed by atoms with Crippen LogP contribution in [0.1, 0.15) is 44.9 Å². The summed E-state index contributed by atoms with van der Waals surface area (Å²) in [6, 6.07) is 0. The maximum atomic E-state index is 4.56. The largest absolute Gasteiger partial charge is 0.352 e. The molecular formula is C17H26N6. The lowest BCUT2D eigenvalue weighted by atomic mass is 9.92. The minimum Gasteiger partial charge on any atom is -0.352 e. The van der Waals surface area contributed by atoms with E-state index >= 15 is 0 Å². The van der Waals surface area contributed by atoms with Crippen LogP contribution in [0.3, 0.4) is 0 Å². The summed E-state index contributed by atoms with van der Waals surface area (Å²) in [5, 5.41) is 3.51. The molecule has 0 amide bonds. The minimum absolute atomic E-state index is 0.308. The van der Waals surface area contributed by atoms with E-state index in [1.54, 1.807) is 6.33 Å². The predicted octanol–water partition coefficient (Wildman–Crippen LogP) is 2.57. The normalized spacial score (nSPS) is 21.8. The fraction of sp³-hybridized carbons (Fsp3) is 0.706. The molecule has 0 spiro atoms. The van der Waals surface area contributed by atoms with Gasteiger partial charge < -0.3 is 9.88 Å². The number of anilines is 1. The van der Waals surface area contributed by atoms with Crippen molar-refractivity contribution in [3.63, 3.8) is 0 Å². The summed E-state index contributed by atoms with van der Waals surface area (Å²) >= 11 is 0. The van der Waals surface area contributed by atoms with Gasteiger partial charge in [0.15, 0.2) is 5.65 Å². The van der Waals surface area contributed by atoms with Gasteiger partial charge in [-0.3, -0.25) is 4.90 Å². The molecule has 1 saturated carbocycles. The first-order chi connectivity index (χ1) is 11.3. The van der Waals surface area contributed by atoms with E-state index < -0.39 is 0 Å². The molecule has 0 radical (unpaired) electrons. The molecule has 1 N–H and O–H groups in total. The molecule has 0 aromatic carbocycles. The van der Waals surface area contributed by atoms with Gasteiger partial charge in [0.2, 0.25) is 5.95 Å². The third-order valence-electron chi connectivity index (χ3n) is 5.62. The van der Waals surface area contributed by atoms with Crippen LogP contribution >= 0.6 is 0 Å². The van der Waals surface area contributed by atoms with Crippen molar-refractivity contribution in [2.24, 2.45) is 7.05 Å². The van der Waals surface area contributed by atoms with Crippen molar-refractivity contribution >= 4 is 17.1 Å². The summed E-state index contributed by atoms with van der Waals surface area (Å²) in [5.41, 5.74) is 2.05. The van der Waals surface area contributed by atoms with Gasteiger partial charge in [-0.25, -0.2) is 9.97 Å². The summed E-state index contributed by atoms with van der Waals surface area (Å²) in [4.78, 5) is 16.1. The SMILES string of the molecule is Cn1cnc2nc(NCC3(N4CCCCC4)CCCC3)ncc21. The van der Waals surface area contributed by atoms with E-state index in [-0.39, 0.29) is 0 Å². The van der Waals surface area contributed by atoms with Crippen LogP contribution in [0.4, 0.5) is 5.95 Å². The van der Waals surface area contributed by atoms with Gasteiger partial charge in [0.25, 0.3) is 0 Å². The molecule has 124 valence electrons. The third-order valence-corrected chi connectivity index (χ3v) is 5.62. The molecule has 1 aliphatic heterocycles. The van der Waals surface area contributed by atoms with E-state index in [9.17, 15) is 0 Å². The number of rotatable bonds is 4. The lowest BCUT2D eigenvalue weighted by Crippen LogP contribution is -2.53. The quantitative estimate of drug-likeness (QED) is 0.940. The first-order valence-corrected chi connectivity index (χ1v) is 8.90. The van der Waals surface area contributed by atoms with Crippen LogP contribution in [0.5, 0.6) is 0 Å². The van der Waals surface area contributed by atoms with Gasteiger partial charge in [0.1, 0.15) is 5.52 Å². The zero-order valence-corrected chi connectivity index (χ0v) is 14.0. The third kappa shape index (κ3) is 2.80. The molecule has 1 saturated heterocycles. The Kier molecular flexibility index (Phi) is 3.93. The Balaban J connectivity index is 1.50. The lowest BCUT2D eigenvalue weighted by Gasteiger charge is -2.43. The number of aryl methyl sites for hydroxylation is 1. The van der Waals surface area contributed by atoms with Gasteiger partial charge in [-0.15, -0.1) is 0 Å². The molecule has 6 nitrogen and oxygen atoms in total. The molecule has 2 aromatic rings. The van der Waals surface area contributed by atoms with Crippen molar-refractivity contribution in [3.05, 3.63) is 12.5 Å². The van der Waals surface area contributed by atoms with Gasteiger partial charge in [-0.05, 0) is 38.8 Å². The Morgan fingerprint density at radius 3 is 2.65 bits per heavy atom. The Morgan fingerprint density at radius 2 is 1.87 bits per heavy atom. The molecule has 0 atom stereocenters. The summed E-state index contributed by atoms with van der Waals surface area (Å²) in [6.45, 7) is 3.45. The smallest absolute Gasteiger partial charge is 0.224 e. The van der Waals surface area contributed by atoms with E-state index in [0.29, 0.717) is 11.5 Å². The van der Waals surface area contributed by atoms with E-state index in [0.717, 1.165) is 17.7 Å². The number of hydrogen-bond donors (Lipinski definition) is 1. The summed E-state index contributed by atoms with van der Waals surface area (Å²) < 4.78 is 1.95. The maximum Gasteiger partial charge on any atom is 0.224 e. The fourth-order valence-electron chi connectivity index (χ4n) is 4.25. The number of aromatic nitrogens is 4. The van der Waals surface area contributed by atoms with Crippen molar-refractivity contribution in [2.75, 3.05) is 25.0 Å². The highest BCUT2D eigenvalue weighted by Gasteiger charge is 2.39. The van der Waals surface area contributed by atoms with Gasteiger partial charge in [0, 0.05) is 19.1 Å². The van der Waals surface area contributed by atoms with Crippen molar-refractivity contribution < 1.29 is 0 Å². The van der Waals surface area contributed by atoms with Crippen molar-refractivity contribution in [1.82, 2.24) is 24.4 Å². The highest BCUT2D eigenvalue weighted by atomic mass is 15.2. The molecule has 0 unspecified atom stereocenters. The first-order valence-electron chi connectivity index (χ1n) is 8.90. The van der Waals surface area contributed by atoms with E-state index in [1.165, 1.54) is 58.0 Å². The average molecular weight is 314 g/mol. The zero-order chi connectivity index (χ0) is 15.7. The summed E-state index contributed by atoms with van der Waals surface area (Å²) in [6.07, 6.45) is 13.0. The summed E-state index contributed by atoms with van der Waals surface area (Å²) in [5.74, 6) is 0.708. The second-order valence-electron chi connectivity index (χ2n) is 7.09. The first kappa shape index (κ1) is 14.9. The molecule has 23 heavy (non-hydrogen) atoms. The second-order valence-corrected chi connectivity index (χ2v) is 7.09. The van der Waals surface area contributed by atoms with Crippen LogP contribution in [0.25, 0.3) is 11.2 Å². The minimum atomic E-state index is 0.308. The van der Waals surface area contributed by atoms with E-state index in [4.69, 9.17) is 0 Å². The van der Waals surface area contributed by atoms with Crippen LogP contribution in [0, 0.1) is 0 Å². The number of imidazole rings is 1. The standard InChI is InChI=1S/C17H26N6/c1-22-13-20-15-14(22)11-18-16(21-15)19-12-17(7-3-4-8-17)23-9-5-2-6-10-23/h11,13H,2-10,12H2,1H3,(H,18,19,21). The Bertz CT molecular complexity index is 667. The average Bonchev–Trinajstić information content (AvgIpc) is 3.22. The highest BCUT2D eigenvalue weighted by Crippen LogP contribution is 2.37. The second kappa shape index (κ2) is 6.07. The molecule has 6 heteroatoms. The number of nitrogens with one attached hydrogen (secondary N) is 1. The topological polar surface area (TPSA) is 58.9 Å². The van der Waals surface area contributed by atoms with Crippen LogP contribution in [0.15, 0.2) is 12.5 Å². The Labute approximate surface area is 137 Å². The number of fused-ring (bicyclic) bond motifs is 1. The monoisotopic (exact) mass is 314 g/mol. The van der Waals surface area contributed by atoms with Gasteiger partial charge >= 0.3 is 0 Å². The van der Waals surface area contributed by atoms with Crippen LogP contribution < -0.4 is 5.32 Å². The van der Waals surface area contributed by atoms with Gasteiger partial charge in [-0.2, -0.15) is 4.98 Å². The Morgan fingerprint density at radius 1 is 1.09 bits per heavy atom. The van der Waals surface area contributed by atoms with Crippen molar-refractivity contribution in [3.8, 4) is 0 Å². The molecule has 0 bridgehead atoms. The molecule has 2 aromatic heterocycles. The predicted molar refractivity (Wildman–Crippen MR) is 91.4 cm³/mol. The molecule has 2 aliphatic rings. The van der Waals surface area contributed by atoms with E-state index in [1.807, 2.05) is 17.8 Å². The molecule has 2 fully saturated rings. The fourth-order valence-corrected chi connectivity index (χ4v) is 4.25. The van der Waals surface area contributed by atoms with Crippen molar-refractivity contribution in [1.29, 1.82) is 0 Å². The lowest BCUT2D eigenvalue weighted by molar-refractivity contribution is 0.0807. The van der Waals surface area contributed by atoms with Gasteiger partial charge in [-0.1, -0.05) is 19.3 Å². The number of nitrogens with zero attached hydrogens (tertiary/aromatic N) is 5. The van der Waals surface area contributed by atoms with Gasteiger partial charge in [0.05, 0.1) is 12.5 Å². The zero-order valence-electron chi connectivity index (χ0n) is 14.0. The van der Waals surface area contributed by atoms with E-state index in [2.05, 4.69) is 25.2 Å². The molecule has 1 aliphatic carbocycles. The highest BCUT2D eigenvalue weighted by molar-refractivity contribution is 5.70. The van der Waals surface area contributed by atoms with Crippen molar-refractivity contribution in [2.45, 2.75) is 50.5 Å². The number of hydrogen-bond acceptors (Lipinski definition) is 5. The van der Waals surface area contributed by atoms with Crippen LogP contribution in [-0.4, -0.2) is 49.6 Å². The van der Waals surface area contributed by atoms with Crippen LogP contribution in [0.2, 0.25) is 0 Å². The summed E-state index contributed by atoms with van der Waals surface area (Å²) in [7, 11) is 1.97. The Hall–Kier alpha value is -1.69. The maximum absolute atomic E-state index is 4.56. The van der Waals surface area contributed by atoms with Crippen LogP contribution in [-0.2, 0) is 7.05 Å². The molecule has 3 heterocycles. The number of piperidine rings is 1. The molecular weight excluding hydrogens is 288 g/mol. The number of likely N-dealkylation sites (tertiary alicyclic amines) is 1. The molecule has 4 rings (SSSR count).